The number of benzene rings is 1. The molecule has 1 aromatic heterocycles. The van der Waals surface area contributed by atoms with Gasteiger partial charge < -0.3 is 4.90 Å². The first-order valence-corrected chi connectivity index (χ1v) is 6.96. The molecule has 0 saturated carbocycles. The molecule has 1 aliphatic heterocycles. The maximum absolute atomic E-state index is 8.39. The van der Waals surface area contributed by atoms with Gasteiger partial charge in [-0.25, -0.2) is 4.98 Å². The molecular weight excluding hydrogens is 256 g/mol. The molecule has 0 aliphatic carbocycles. The quantitative estimate of drug-likeness (QED) is 0.671. The van der Waals surface area contributed by atoms with Crippen LogP contribution < -0.4 is 4.90 Å². The molecule has 19 heavy (non-hydrogen) atoms. The minimum Gasteiger partial charge on any atom is -0.324 e. The fraction of sp³-hybridized carbons (Fsp3) is 0.214. The summed E-state index contributed by atoms with van der Waals surface area (Å²) in [6.45, 7) is 6.53. The highest BCUT2D eigenvalue weighted by Gasteiger charge is 2.29. The highest BCUT2D eigenvalue weighted by Crippen LogP contribution is 2.37. The molecule has 3 rings (SSSR count). The number of anilines is 1. The van der Waals surface area contributed by atoms with Gasteiger partial charge in [0.25, 0.3) is 0 Å². The molecule has 0 fully saturated rings. The standard InChI is InChI=1S/C14H14N4S/c1-9-7-18(11-6-4-3-5-10(9)11)13(15)12-14(16-2)19-8-17-12/h3-6,8-9,15H,2,7H2,1H3. The molecule has 2 aromatic rings. The van der Waals surface area contributed by atoms with Gasteiger partial charge in [-0.3, -0.25) is 10.4 Å². The van der Waals surface area contributed by atoms with E-state index in [0.717, 1.165) is 12.2 Å². The van der Waals surface area contributed by atoms with Gasteiger partial charge in [0.2, 0.25) is 0 Å². The monoisotopic (exact) mass is 270 g/mol. The Kier molecular flexibility index (Phi) is 2.91. The van der Waals surface area contributed by atoms with E-state index in [1.165, 1.54) is 16.9 Å². The highest BCUT2D eigenvalue weighted by atomic mass is 32.1. The summed E-state index contributed by atoms with van der Waals surface area (Å²) in [5.74, 6) is 0.829. The van der Waals surface area contributed by atoms with E-state index in [2.05, 4.69) is 35.8 Å². The number of nitrogens with zero attached hydrogens (tertiary/aromatic N) is 3. The maximum Gasteiger partial charge on any atom is 0.154 e. The van der Waals surface area contributed by atoms with Crippen LogP contribution in [0, 0.1) is 5.41 Å². The first-order valence-electron chi connectivity index (χ1n) is 6.08. The smallest absolute Gasteiger partial charge is 0.154 e. The molecule has 1 atom stereocenters. The molecule has 5 heteroatoms. The van der Waals surface area contributed by atoms with Gasteiger partial charge in [-0.2, -0.15) is 0 Å². The Morgan fingerprint density at radius 3 is 3.11 bits per heavy atom. The van der Waals surface area contributed by atoms with E-state index < -0.39 is 0 Å². The van der Waals surface area contributed by atoms with Crippen LogP contribution in [0.1, 0.15) is 24.1 Å². The molecule has 1 aromatic carbocycles. The van der Waals surface area contributed by atoms with Crippen LogP contribution in [-0.4, -0.2) is 24.1 Å². The third-order valence-corrected chi connectivity index (χ3v) is 4.16. The fourth-order valence-corrected chi connectivity index (χ4v) is 3.07. The summed E-state index contributed by atoms with van der Waals surface area (Å²) in [4.78, 5) is 10.2. The SMILES string of the molecule is C=Nc1scnc1C(=N)N1CC(C)c2ccccc21. The molecule has 2 heterocycles. The van der Waals surface area contributed by atoms with Gasteiger partial charge in [-0.15, -0.1) is 11.3 Å². The first-order chi connectivity index (χ1) is 9.22. The van der Waals surface area contributed by atoms with E-state index in [-0.39, 0.29) is 0 Å². The molecule has 0 amide bonds. The zero-order valence-corrected chi connectivity index (χ0v) is 11.4. The number of amidine groups is 1. The Morgan fingerprint density at radius 1 is 1.53 bits per heavy atom. The van der Waals surface area contributed by atoms with Crippen molar-refractivity contribution in [3.8, 4) is 0 Å². The lowest BCUT2D eigenvalue weighted by Crippen LogP contribution is -2.29. The van der Waals surface area contributed by atoms with Crippen molar-refractivity contribution < 1.29 is 0 Å². The number of aliphatic imine (C=N–C) groups is 1. The Balaban J connectivity index is 2.01. The van der Waals surface area contributed by atoms with Gasteiger partial charge in [0.1, 0.15) is 10.7 Å². The van der Waals surface area contributed by atoms with E-state index in [0.29, 0.717) is 22.4 Å². The average Bonchev–Trinajstić information content (AvgIpc) is 3.03. The number of nitrogens with one attached hydrogen (secondary N) is 1. The largest absolute Gasteiger partial charge is 0.324 e. The van der Waals surface area contributed by atoms with Crippen LogP contribution in [0.2, 0.25) is 0 Å². The van der Waals surface area contributed by atoms with Crippen LogP contribution in [-0.2, 0) is 0 Å². The van der Waals surface area contributed by atoms with Crippen LogP contribution >= 0.6 is 11.3 Å². The fourth-order valence-electron chi connectivity index (χ4n) is 2.47. The van der Waals surface area contributed by atoms with Crippen LogP contribution in [0.25, 0.3) is 0 Å². The molecule has 1 unspecified atom stereocenters. The zero-order valence-electron chi connectivity index (χ0n) is 10.6. The van der Waals surface area contributed by atoms with Crippen molar-refractivity contribution in [1.29, 1.82) is 5.41 Å². The second-order valence-corrected chi connectivity index (χ2v) is 5.42. The van der Waals surface area contributed by atoms with Crippen LogP contribution in [0.15, 0.2) is 34.8 Å². The lowest BCUT2D eigenvalue weighted by molar-refractivity contribution is 0.819. The van der Waals surface area contributed by atoms with Gasteiger partial charge in [-0.05, 0) is 18.3 Å². The molecule has 1 N–H and O–H groups in total. The van der Waals surface area contributed by atoms with Gasteiger partial charge in [0.15, 0.2) is 5.84 Å². The molecule has 1 aliphatic rings. The van der Waals surface area contributed by atoms with E-state index >= 15 is 0 Å². The number of thiazole rings is 1. The van der Waals surface area contributed by atoms with Crippen molar-refractivity contribution in [2.24, 2.45) is 4.99 Å². The Morgan fingerprint density at radius 2 is 2.32 bits per heavy atom. The molecule has 4 nitrogen and oxygen atoms in total. The Labute approximate surface area is 116 Å². The van der Waals surface area contributed by atoms with Crippen molar-refractivity contribution in [2.45, 2.75) is 12.8 Å². The molecule has 0 bridgehead atoms. The van der Waals surface area contributed by atoms with Crippen LogP contribution in [0.3, 0.4) is 0 Å². The zero-order chi connectivity index (χ0) is 13.4. The van der Waals surface area contributed by atoms with Gasteiger partial charge in [-0.1, -0.05) is 25.1 Å². The molecule has 96 valence electrons. The topological polar surface area (TPSA) is 52.3 Å². The summed E-state index contributed by atoms with van der Waals surface area (Å²) in [5.41, 5.74) is 4.71. The number of hydrogen-bond donors (Lipinski definition) is 1. The van der Waals surface area contributed by atoms with Crippen molar-refractivity contribution in [1.82, 2.24) is 4.98 Å². The Hall–Kier alpha value is -2.01. The molecular formula is C14H14N4S. The second kappa shape index (κ2) is 4.59. The Bertz CT molecular complexity index is 646. The van der Waals surface area contributed by atoms with E-state index in [1.807, 2.05) is 17.0 Å². The third-order valence-electron chi connectivity index (χ3n) is 3.40. The number of hydrogen-bond acceptors (Lipinski definition) is 4. The maximum atomic E-state index is 8.39. The summed E-state index contributed by atoms with van der Waals surface area (Å²) in [6, 6.07) is 8.23. The van der Waals surface area contributed by atoms with Gasteiger partial charge in [0, 0.05) is 18.2 Å². The first kappa shape index (κ1) is 12.0. The van der Waals surface area contributed by atoms with E-state index in [1.54, 1.807) is 5.51 Å². The number of aromatic nitrogens is 1. The van der Waals surface area contributed by atoms with Crippen LogP contribution in [0.4, 0.5) is 10.7 Å². The molecule has 0 spiro atoms. The van der Waals surface area contributed by atoms with Crippen molar-refractivity contribution in [3.05, 3.63) is 41.0 Å². The van der Waals surface area contributed by atoms with Crippen molar-refractivity contribution in [3.63, 3.8) is 0 Å². The number of para-hydroxylation sites is 1. The summed E-state index contributed by atoms with van der Waals surface area (Å²) in [6.07, 6.45) is 0. The normalized spacial score (nSPS) is 17.3. The predicted molar refractivity (Wildman–Crippen MR) is 80.4 cm³/mol. The lowest BCUT2D eigenvalue weighted by atomic mass is 10.0. The van der Waals surface area contributed by atoms with E-state index in [9.17, 15) is 0 Å². The summed E-state index contributed by atoms with van der Waals surface area (Å²) in [7, 11) is 0. The minimum absolute atomic E-state index is 0.403. The summed E-state index contributed by atoms with van der Waals surface area (Å²) < 4.78 is 0. The van der Waals surface area contributed by atoms with E-state index in [4.69, 9.17) is 5.41 Å². The van der Waals surface area contributed by atoms with Crippen molar-refractivity contribution in [2.75, 3.05) is 11.4 Å². The molecule has 0 radical (unpaired) electrons. The minimum atomic E-state index is 0.403. The highest BCUT2D eigenvalue weighted by molar-refractivity contribution is 7.14. The van der Waals surface area contributed by atoms with Gasteiger partial charge >= 0.3 is 0 Å². The molecule has 0 saturated heterocycles. The van der Waals surface area contributed by atoms with Gasteiger partial charge in [0.05, 0.1) is 5.51 Å². The number of fused-ring (bicyclic) bond motifs is 1. The van der Waals surface area contributed by atoms with Crippen LogP contribution in [0.5, 0.6) is 0 Å². The second-order valence-electron chi connectivity index (χ2n) is 4.58. The summed E-state index contributed by atoms with van der Waals surface area (Å²) >= 11 is 1.41. The lowest BCUT2D eigenvalue weighted by Gasteiger charge is -2.19. The predicted octanol–water partition coefficient (Wildman–Crippen LogP) is 3.42. The average molecular weight is 270 g/mol. The number of rotatable bonds is 2. The summed E-state index contributed by atoms with van der Waals surface area (Å²) in [5, 5.41) is 9.10. The third kappa shape index (κ3) is 1.86. The van der Waals surface area contributed by atoms with Crippen molar-refractivity contribution >= 4 is 34.6 Å².